The van der Waals surface area contributed by atoms with Gasteiger partial charge in [-0.25, -0.2) is 9.48 Å². The number of benzene rings is 1. The van der Waals surface area contributed by atoms with Crippen molar-refractivity contribution >= 4 is 17.5 Å². The van der Waals surface area contributed by atoms with Gasteiger partial charge in [-0.15, -0.1) is 0 Å². The summed E-state index contributed by atoms with van der Waals surface area (Å²) >= 11 is 0. The summed E-state index contributed by atoms with van der Waals surface area (Å²) in [7, 11) is 1.56. The van der Waals surface area contributed by atoms with Crippen molar-refractivity contribution in [3.8, 4) is 0 Å². The molecular weight excluding hydrogens is 370 g/mol. The molecule has 1 aromatic heterocycles. The van der Waals surface area contributed by atoms with E-state index in [1.54, 1.807) is 11.6 Å². The van der Waals surface area contributed by atoms with Crippen LogP contribution in [0.5, 0.6) is 0 Å². The fourth-order valence-corrected chi connectivity index (χ4v) is 3.84. The van der Waals surface area contributed by atoms with Gasteiger partial charge in [0.15, 0.2) is 0 Å². The molecule has 0 radical (unpaired) electrons. The monoisotopic (exact) mass is 399 g/mol. The molecule has 29 heavy (non-hydrogen) atoms. The molecule has 8 nitrogen and oxygen atoms in total. The molecule has 2 heterocycles. The van der Waals surface area contributed by atoms with Gasteiger partial charge in [-0.05, 0) is 44.7 Å². The summed E-state index contributed by atoms with van der Waals surface area (Å²) in [6, 6.07) is 4.01. The minimum Gasteiger partial charge on any atom is -0.335 e. The standard InChI is InChI=1S/C21H29N5O3/c1-14-10-15(2)20(16(3)11-14)22-18(27)12-24(4)19(28)13-26-21(29)25-9-7-5-6-8-17(25)23-26/h10-11H,5-9,12-13H2,1-4H3,(H,22,27). The van der Waals surface area contributed by atoms with Crippen LogP contribution in [-0.2, 0) is 29.1 Å². The van der Waals surface area contributed by atoms with Crippen molar-refractivity contribution in [2.24, 2.45) is 0 Å². The number of nitrogens with zero attached hydrogens (tertiary/aromatic N) is 4. The second-order valence-electron chi connectivity index (χ2n) is 7.89. The van der Waals surface area contributed by atoms with E-state index in [2.05, 4.69) is 10.4 Å². The van der Waals surface area contributed by atoms with Gasteiger partial charge in [-0.2, -0.15) is 5.10 Å². The van der Waals surface area contributed by atoms with Gasteiger partial charge in [0.2, 0.25) is 11.8 Å². The van der Waals surface area contributed by atoms with Crippen LogP contribution < -0.4 is 11.0 Å². The highest BCUT2D eigenvalue weighted by Gasteiger charge is 2.20. The van der Waals surface area contributed by atoms with E-state index in [4.69, 9.17) is 0 Å². The van der Waals surface area contributed by atoms with Crippen LogP contribution in [0.2, 0.25) is 0 Å². The highest BCUT2D eigenvalue weighted by atomic mass is 16.2. The molecule has 0 atom stereocenters. The van der Waals surface area contributed by atoms with Gasteiger partial charge in [0.1, 0.15) is 12.4 Å². The first-order valence-corrected chi connectivity index (χ1v) is 10.0. The van der Waals surface area contributed by atoms with E-state index in [-0.39, 0.29) is 30.6 Å². The highest BCUT2D eigenvalue weighted by Crippen LogP contribution is 2.21. The van der Waals surface area contributed by atoms with Gasteiger partial charge in [-0.3, -0.25) is 14.2 Å². The molecule has 0 saturated carbocycles. The quantitative estimate of drug-likeness (QED) is 0.830. The molecule has 156 valence electrons. The predicted molar refractivity (Wildman–Crippen MR) is 111 cm³/mol. The Kier molecular flexibility index (Phi) is 6.20. The Bertz CT molecular complexity index is 966. The zero-order valence-electron chi connectivity index (χ0n) is 17.6. The minimum absolute atomic E-state index is 0.0894. The predicted octanol–water partition coefficient (Wildman–Crippen LogP) is 1.79. The van der Waals surface area contributed by atoms with E-state index in [0.717, 1.165) is 53.9 Å². The van der Waals surface area contributed by atoms with Crippen LogP contribution >= 0.6 is 0 Å². The summed E-state index contributed by atoms with van der Waals surface area (Å²) in [4.78, 5) is 38.8. The number of carbonyl (C=O) groups is 2. The molecule has 2 amide bonds. The lowest BCUT2D eigenvalue weighted by Gasteiger charge is -2.18. The zero-order valence-corrected chi connectivity index (χ0v) is 17.6. The average Bonchev–Trinajstić information content (AvgIpc) is 2.81. The first-order chi connectivity index (χ1) is 13.8. The summed E-state index contributed by atoms with van der Waals surface area (Å²) in [6.07, 6.45) is 3.79. The summed E-state index contributed by atoms with van der Waals surface area (Å²) in [5, 5.41) is 7.22. The van der Waals surface area contributed by atoms with Crippen LogP contribution in [0, 0.1) is 20.8 Å². The number of aromatic nitrogens is 3. The lowest BCUT2D eigenvalue weighted by Crippen LogP contribution is -2.39. The number of carbonyl (C=O) groups excluding carboxylic acids is 2. The van der Waals surface area contributed by atoms with Crippen molar-refractivity contribution in [2.45, 2.75) is 59.5 Å². The first-order valence-electron chi connectivity index (χ1n) is 10.0. The highest BCUT2D eigenvalue weighted by molar-refractivity contribution is 5.95. The van der Waals surface area contributed by atoms with E-state index >= 15 is 0 Å². The van der Waals surface area contributed by atoms with Crippen LogP contribution in [0.4, 0.5) is 5.69 Å². The van der Waals surface area contributed by atoms with Gasteiger partial charge in [0.05, 0.1) is 6.54 Å². The van der Waals surface area contributed by atoms with Crippen molar-refractivity contribution in [3.05, 3.63) is 45.1 Å². The molecule has 0 spiro atoms. The maximum Gasteiger partial charge on any atom is 0.346 e. The van der Waals surface area contributed by atoms with E-state index < -0.39 is 0 Å². The Morgan fingerprint density at radius 1 is 1.14 bits per heavy atom. The van der Waals surface area contributed by atoms with E-state index in [1.807, 2.05) is 32.9 Å². The maximum atomic E-state index is 12.5. The summed E-state index contributed by atoms with van der Waals surface area (Å²) in [5.41, 5.74) is 3.62. The first kappa shape index (κ1) is 20.8. The summed E-state index contributed by atoms with van der Waals surface area (Å²) in [5.74, 6) is 0.141. The lowest BCUT2D eigenvalue weighted by atomic mass is 10.1. The van der Waals surface area contributed by atoms with Crippen molar-refractivity contribution in [1.82, 2.24) is 19.2 Å². The van der Waals surface area contributed by atoms with Crippen LogP contribution in [0.1, 0.15) is 41.8 Å². The molecule has 3 rings (SSSR count). The average molecular weight is 399 g/mol. The van der Waals surface area contributed by atoms with Crippen LogP contribution in [0.25, 0.3) is 0 Å². The fourth-order valence-electron chi connectivity index (χ4n) is 3.84. The molecule has 1 N–H and O–H groups in total. The number of aryl methyl sites for hydroxylation is 4. The van der Waals surface area contributed by atoms with Crippen LogP contribution in [-0.4, -0.2) is 44.7 Å². The third-order valence-electron chi connectivity index (χ3n) is 5.31. The molecule has 8 heteroatoms. The van der Waals surface area contributed by atoms with E-state index in [0.29, 0.717) is 6.54 Å². The maximum absolute atomic E-state index is 12.5. The number of nitrogens with one attached hydrogen (secondary N) is 1. The van der Waals surface area contributed by atoms with Gasteiger partial charge in [0, 0.05) is 25.7 Å². The number of anilines is 1. The molecule has 0 unspecified atom stereocenters. The Labute approximate surface area is 170 Å². The number of rotatable bonds is 5. The normalized spacial score (nSPS) is 13.5. The molecule has 0 aliphatic carbocycles. The molecule has 1 aliphatic rings. The fraction of sp³-hybridized carbons (Fsp3) is 0.524. The van der Waals surface area contributed by atoms with Gasteiger partial charge < -0.3 is 10.2 Å². The Balaban J connectivity index is 1.63. The second-order valence-corrected chi connectivity index (χ2v) is 7.89. The van der Waals surface area contributed by atoms with E-state index in [1.165, 1.54) is 9.58 Å². The minimum atomic E-state index is -0.326. The molecular formula is C21H29N5O3. The largest absolute Gasteiger partial charge is 0.346 e. The van der Waals surface area contributed by atoms with Crippen LogP contribution in [0.3, 0.4) is 0 Å². The third kappa shape index (κ3) is 4.75. The van der Waals surface area contributed by atoms with Gasteiger partial charge in [0.25, 0.3) is 0 Å². The Morgan fingerprint density at radius 2 is 1.83 bits per heavy atom. The SMILES string of the molecule is Cc1cc(C)c(NC(=O)CN(C)C(=O)Cn2nc3n(c2=O)CCCCC3)c(C)c1. The number of amides is 2. The van der Waals surface area contributed by atoms with E-state index in [9.17, 15) is 14.4 Å². The molecule has 0 fully saturated rings. The number of likely N-dealkylation sites (N-methyl/N-ethyl adjacent to an activating group) is 1. The molecule has 0 saturated heterocycles. The Morgan fingerprint density at radius 3 is 2.52 bits per heavy atom. The summed E-state index contributed by atoms with van der Waals surface area (Å²) < 4.78 is 2.88. The molecule has 1 aliphatic heterocycles. The van der Waals surface area contributed by atoms with Crippen molar-refractivity contribution in [2.75, 3.05) is 18.9 Å². The molecule has 2 aromatic rings. The van der Waals surface area contributed by atoms with Gasteiger partial charge >= 0.3 is 5.69 Å². The number of fused-ring (bicyclic) bond motifs is 1. The zero-order chi connectivity index (χ0) is 21.1. The second kappa shape index (κ2) is 8.63. The lowest BCUT2D eigenvalue weighted by molar-refractivity contribution is -0.134. The van der Waals surface area contributed by atoms with Gasteiger partial charge in [-0.1, -0.05) is 24.1 Å². The Hall–Kier alpha value is -2.90. The third-order valence-corrected chi connectivity index (χ3v) is 5.31. The van der Waals surface area contributed by atoms with Crippen molar-refractivity contribution < 1.29 is 9.59 Å². The topological polar surface area (TPSA) is 89.2 Å². The molecule has 0 bridgehead atoms. The van der Waals surface area contributed by atoms with Crippen molar-refractivity contribution in [1.29, 1.82) is 0 Å². The number of hydrogen-bond donors (Lipinski definition) is 1. The molecule has 1 aromatic carbocycles. The van der Waals surface area contributed by atoms with Crippen LogP contribution in [0.15, 0.2) is 16.9 Å². The summed E-state index contributed by atoms with van der Waals surface area (Å²) in [6.45, 7) is 6.30. The smallest absolute Gasteiger partial charge is 0.335 e. The number of hydrogen-bond acceptors (Lipinski definition) is 4. The van der Waals surface area contributed by atoms with Crippen molar-refractivity contribution in [3.63, 3.8) is 0 Å².